The molecule has 0 aliphatic heterocycles. The van der Waals surface area contributed by atoms with Crippen molar-refractivity contribution in [2.24, 2.45) is 5.16 Å². The fourth-order valence-electron chi connectivity index (χ4n) is 2.93. The van der Waals surface area contributed by atoms with Crippen molar-refractivity contribution in [2.45, 2.75) is 51.9 Å². The molecule has 2 aromatic rings. The molecule has 1 aromatic carbocycles. The first kappa shape index (κ1) is 14.1. The second-order valence-electron chi connectivity index (χ2n) is 5.46. The van der Waals surface area contributed by atoms with E-state index < -0.39 is 0 Å². The molecule has 3 rings (SSSR count). The van der Waals surface area contributed by atoms with Crippen LogP contribution in [0.3, 0.4) is 0 Å². The molecule has 1 saturated carbocycles. The molecule has 5 nitrogen and oxygen atoms in total. The van der Waals surface area contributed by atoms with Gasteiger partial charge in [0, 0.05) is 11.9 Å². The van der Waals surface area contributed by atoms with Gasteiger partial charge in [-0.2, -0.15) is 5.10 Å². The molecule has 0 radical (unpaired) electrons. The summed E-state index contributed by atoms with van der Waals surface area (Å²) in [7, 11) is 0. The number of fused-ring (bicyclic) bond motifs is 1. The van der Waals surface area contributed by atoms with Crippen molar-refractivity contribution in [1.29, 1.82) is 0 Å². The summed E-state index contributed by atoms with van der Waals surface area (Å²) < 4.78 is 8.03. The van der Waals surface area contributed by atoms with Gasteiger partial charge < -0.3 is 9.94 Å². The van der Waals surface area contributed by atoms with E-state index in [-0.39, 0.29) is 6.10 Å². The second-order valence-corrected chi connectivity index (χ2v) is 5.46. The maximum Gasteiger partial charge on any atom is 0.0960 e. The van der Waals surface area contributed by atoms with Crippen LogP contribution in [0.1, 0.15) is 38.3 Å². The van der Waals surface area contributed by atoms with Gasteiger partial charge in [-0.1, -0.05) is 23.4 Å². The van der Waals surface area contributed by atoms with E-state index in [1.165, 1.54) is 5.39 Å². The topological polar surface area (TPSA) is 59.6 Å². The van der Waals surface area contributed by atoms with Gasteiger partial charge in [-0.05, 0) is 38.7 Å². The molecule has 0 amide bonds. The lowest BCUT2D eigenvalue weighted by Gasteiger charge is -2.22. The largest absolute Gasteiger partial charge is 0.411 e. The predicted octanol–water partition coefficient (Wildman–Crippen LogP) is 3.35. The Morgan fingerprint density at radius 2 is 2.10 bits per heavy atom. The first-order chi connectivity index (χ1) is 10.3. The summed E-state index contributed by atoms with van der Waals surface area (Å²) in [6, 6.07) is 8.28. The van der Waals surface area contributed by atoms with Crippen molar-refractivity contribution >= 4 is 16.6 Å². The number of aromatic nitrogens is 2. The zero-order valence-corrected chi connectivity index (χ0v) is 12.3. The summed E-state index contributed by atoms with van der Waals surface area (Å²) in [6.07, 6.45) is 3.73. The zero-order chi connectivity index (χ0) is 14.7. The second kappa shape index (κ2) is 6.26. The minimum atomic E-state index is 0.237. The van der Waals surface area contributed by atoms with Crippen LogP contribution in [0.5, 0.6) is 0 Å². The highest BCUT2D eigenvalue weighted by molar-refractivity contribution is 5.84. The number of benzene rings is 1. The van der Waals surface area contributed by atoms with E-state index in [0.29, 0.717) is 6.61 Å². The van der Waals surface area contributed by atoms with Crippen molar-refractivity contribution in [2.75, 3.05) is 0 Å². The minimum Gasteiger partial charge on any atom is -0.411 e. The molecular formula is C16H21N3O2. The minimum absolute atomic E-state index is 0.237. The van der Waals surface area contributed by atoms with Gasteiger partial charge in [0.25, 0.3) is 0 Å². The standard InChI is InChI=1S/C16H21N3O2/c1-2-19-16-6-4-3-5-14(16)15(17-19)11-21-13-9-7-12(18-20)8-10-13/h3-6,13,20H,2,7-11H2,1H3. The summed E-state index contributed by atoms with van der Waals surface area (Å²) in [5.74, 6) is 0. The van der Waals surface area contributed by atoms with Crippen LogP contribution in [-0.2, 0) is 17.9 Å². The van der Waals surface area contributed by atoms with E-state index in [1.807, 2.05) is 16.8 Å². The third-order valence-electron chi connectivity index (χ3n) is 4.14. The molecule has 1 aliphatic rings. The average Bonchev–Trinajstić information content (AvgIpc) is 2.91. The van der Waals surface area contributed by atoms with Crippen molar-refractivity contribution < 1.29 is 9.94 Å². The van der Waals surface area contributed by atoms with Crippen LogP contribution in [-0.4, -0.2) is 26.8 Å². The number of para-hydroxylation sites is 1. The van der Waals surface area contributed by atoms with Crippen molar-refractivity contribution in [3.8, 4) is 0 Å². The molecule has 1 aromatic heterocycles. The maximum absolute atomic E-state index is 8.77. The number of ether oxygens (including phenoxy) is 1. The lowest BCUT2D eigenvalue weighted by atomic mass is 9.96. The Labute approximate surface area is 124 Å². The van der Waals surface area contributed by atoms with Gasteiger partial charge in [0.1, 0.15) is 0 Å². The maximum atomic E-state index is 8.77. The van der Waals surface area contributed by atoms with Gasteiger partial charge in [-0.15, -0.1) is 0 Å². The molecular weight excluding hydrogens is 266 g/mol. The van der Waals surface area contributed by atoms with Crippen LogP contribution in [0.25, 0.3) is 10.9 Å². The average molecular weight is 287 g/mol. The number of nitrogens with zero attached hydrogens (tertiary/aromatic N) is 3. The van der Waals surface area contributed by atoms with Crippen molar-refractivity contribution in [3.63, 3.8) is 0 Å². The molecule has 5 heteroatoms. The third kappa shape index (κ3) is 2.93. The van der Waals surface area contributed by atoms with E-state index >= 15 is 0 Å². The monoisotopic (exact) mass is 287 g/mol. The Balaban J connectivity index is 1.68. The Kier molecular flexibility index (Phi) is 4.20. The van der Waals surface area contributed by atoms with Gasteiger partial charge in [-0.25, -0.2) is 0 Å². The molecule has 1 aliphatic carbocycles. The number of oxime groups is 1. The van der Waals surface area contributed by atoms with Gasteiger partial charge in [0.05, 0.1) is 29.6 Å². The molecule has 21 heavy (non-hydrogen) atoms. The molecule has 0 bridgehead atoms. The highest BCUT2D eigenvalue weighted by Crippen LogP contribution is 2.23. The molecule has 0 spiro atoms. The van der Waals surface area contributed by atoms with Crippen molar-refractivity contribution in [1.82, 2.24) is 9.78 Å². The highest BCUT2D eigenvalue weighted by Gasteiger charge is 2.19. The Hall–Kier alpha value is -1.88. The van der Waals surface area contributed by atoms with Crippen LogP contribution >= 0.6 is 0 Å². The smallest absolute Gasteiger partial charge is 0.0960 e. The SMILES string of the molecule is CCn1nc(COC2CCC(=NO)CC2)c2ccccc21. The number of hydrogen-bond acceptors (Lipinski definition) is 4. The summed E-state index contributed by atoms with van der Waals surface area (Å²) in [5.41, 5.74) is 3.06. The van der Waals surface area contributed by atoms with E-state index in [4.69, 9.17) is 9.94 Å². The first-order valence-corrected chi connectivity index (χ1v) is 7.57. The van der Waals surface area contributed by atoms with E-state index in [0.717, 1.165) is 49.2 Å². The Morgan fingerprint density at radius 3 is 2.81 bits per heavy atom. The van der Waals surface area contributed by atoms with Crippen LogP contribution in [0.4, 0.5) is 0 Å². The van der Waals surface area contributed by atoms with E-state index in [9.17, 15) is 0 Å². The predicted molar refractivity (Wildman–Crippen MR) is 81.7 cm³/mol. The summed E-state index contributed by atoms with van der Waals surface area (Å²) in [6.45, 7) is 3.50. The fourth-order valence-corrected chi connectivity index (χ4v) is 2.93. The number of rotatable bonds is 4. The summed E-state index contributed by atoms with van der Waals surface area (Å²) in [4.78, 5) is 0. The van der Waals surface area contributed by atoms with Crippen molar-refractivity contribution in [3.05, 3.63) is 30.0 Å². The van der Waals surface area contributed by atoms with Gasteiger partial charge >= 0.3 is 0 Å². The van der Waals surface area contributed by atoms with Gasteiger partial charge in [-0.3, -0.25) is 4.68 Å². The van der Waals surface area contributed by atoms with Gasteiger partial charge in [0.2, 0.25) is 0 Å². The molecule has 0 saturated heterocycles. The third-order valence-corrected chi connectivity index (χ3v) is 4.14. The fraction of sp³-hybridized carbons (Fsp3) is 0.500. The Morgan fingerprint density at radius 1 is 1.33 bits per heavy atom. The van der Waals surface area contributed by atoms with Crippen LogP contribution in [0, 0.1) is 0 Å². The highest BCUT2D eigenvalue weighted by atomic mass is 16.5. The Bertz CT molecular complexity index is 638. The quantitative estimate of drug-likeness (QED) is 0.693. The molecule has 1 heterocycles. The van der Waals surface area contributed by atoms with Crippen LogP contribution in [0.2, 0.25) is 0 Å². The molecule has 1 N–H and O–H groups in total. The summed E-state index contributed by atoms with van der Waals surface area (Å²) >= 11 is 0. The van der Waals surface area contributed by atoms with E-state index in [1.54, 1.807) is 0 Å². The number of hydrogen-bond donors (Lipinski definition) is 1. The zero-order valence-electron chi connectivity index (χ0n) is 12.3. The molecule has 0 atom stereocenters. The lowest BCUT2D eigenvalue weighted by Crippen LogP contribution is -2.21. The first-order valence-electron chi connectivity index (χ1n) is 7.57. The lowest BCUT2D eigenvalue weighted by molar-refractivity contribution is 0.0263. The van der Waals surface area contributed by atoms with E-state index in [2.05, 4.69) is 29.3 Å². The molecule has 1 fully saturated rings. The molecule has 112 valence electrons. The number of aryl methyl sites for hydroxylation is 1. The molecule has 0 unspecified atom stereocenters. The summed E-state index contributed by atoms with van der Waals surface area (Å²) in [5, 5.41) is 17.9. The normalized spacial score (nSPS) is 19.1. The van der Waals surface area contributed by atoms with Crippen LogP contribution in [0.15, 0.2) is 29.4 Å². The van der Waals surface area contributed by atoms with Gasteiger partial charge in [0.15, 0.2) is 0 Å². The van der Waals surface area contributed by atoms with Crippen LogP contribution < -0.4 is 0 Å².